The van der Waals surface area contributed by atoms with Crippen molar-refractivity contribution in [3.05, 3.63) is 64.1 Å². The van der Waals surface area contributed by atoms with E-state index in [1.807, 2.05) is 13.8 Å². The highest BCUT2D eigenvalue weighted by Crippen LogP contribution is 2.24. The van der Waals surface area contributed by atoms with Crippen LogP contribution in [0.1, 0.15) is 37.0 Å². The zero-order chi connectivity index (χ0) is 24.7. The van der Waals surface area contributed by atoms with Gasteiger partial charge in [-0.05, 0) is 55.0 Å². The van der Waals surface area contributed by atoms with Crippen LogP contribution in [0.25, 0.3) is 0 Å². The number of halogens is 2. The molecule has 0 aromatic heterocycles. The Balaban J connectivity index is 1.65. The Hall–Kier alpha value is -2.77. The molecule has 0 bridgehead atoms. The summed E-state index contributed by atoms with van der Waals surface area (Å²) in [5.41, 5.74) is 0.946. The van der Waals surface area contributed by atoms with E-state index in [4.69, 9.17) is 23.2 Å². The molecule has 1 atom stereocenters. The van der Waals surface area contributed by atoms with Gasteiger partial charge in [0, 0.05) is 30.3 Å². The number of anilines is 1. The molecule has 1 heterocycles. The molecule has 0 saturated carbocycles. The second-order valence-corrected chi connectivity index (χ2v) is 9.68. The van der Waals surface area contributed by atoms with Crippen LogP contribution in [0, 0.1) is 11.8 Å². The lowest BCUT2D eigenvalue weighted by Gasteiger charge is -2.36. The fourth-order valence-electron chi connectivity index (χ4n) is 3.88. The molecular weight excluding hydrogens is 475 g/mol. The van der Waals surface area contributed by atoms with Crippen molar-refractivity contribution in [1.29, 1.82) is 0 Å². The van der Waals surface area contributed by atoms with E-state index in [1.54, 1.807) is 53.4 Å². The topological polar surface area (TPSA) is 90.5 Å². The summed E-state index contributed by atoms with van der Waals surface area (Å²) in [4.78, 5) is 40.3. The molecule has 2 aromatic carbocycles. The van der Waals surface area contributed by atoms with Crippen molar-refractivity contribution in [3.8, 4) is 0 Å². The first-order chi connectivity index (χ1) is 16.2. The Kier molecular flexibility index (Phi) is 9.19. The van der Waals surface area contributed by atoms with Crippen molar-refractivity contribution in [2.45, 2.75) is 32.7 Å². The summed E-state index contributed by atoms with van der Waals surface area (Å²) in [5.74, 6) is -0.456. The summed E-state index contributed by atoms with van der Waals surface area (Å²) in [6.07, 6.45) is 1.15. The highest BCUT2D eigenvalue weighted by Gasteiger charge is 2.34. The molecule has 0 spiro atoms. The van der Waals surface area contributed by atoms with Crippen molar-refractivity contribution in [2.75, 3.05) is 25.0 Å². The van der Waals surface area contributed by atoms with E-state index in [0.717, 1.165) is 0 Å². The third-order valence-corrected chi connectivity index (χ3v) is 6.31. The molecular formula is C25H30Cl2N4O3. The summed E-state index contributed by atoms with van der Waals surface area (Å²) in [6.45, 7) is 5.46. The van der Waals surface area contributed by atoms with E-state index in [0.29, 0.717) is 53.8 Å². The number of nitrogens with one attached hydrogen (secondary N) is 3. The molecule has 1 aliphatic heterocycles. The van der Waals surface area contributed by atoms with Gasteiger partial charge in [-0.25, -0.2) is 4.79 Å². The van der Waals surface area contributed by atoms with Gasteiger partial charge in [-0.2, -0.15) is 0 Å². The molecule has 34 heavy (non-hydrogen) atoms. The van der Waals surface area contributed by atoms with E-state index in [1.165, 1.54) is 0 Å². The quantitative estimate of drug-likeness (QED) is 0.505. The Morgan fingerprint density at radius 3 is 2.38 bits per heavy atom. The van der Waals surface area contributed by atoms with Crippen LogP contribution in [0.4, 0.5) is 10.5 Å². The van der Waals surface area contributed by atoms with Crippen molar-refractivity contribution in [3.63, 3.8) is 0 Å². The van der Waals surface area contributed by atoms with Gasteiger partial charge in [0.1, 0.15) is 6.04 Å². The molecule has 4 amide bonds. The lowest BCUT2D eigenvalue weighted by atomic mass is 9.88. The van der Waals surface area contributed by atoms with Crippen LogP contribution in [0.5, 0.6) is 0 Å². The van der Waals surface area contributed by atoms with Crippen LogP contribution in [0.3, 0.4) is 0 Å². The lowest BCUT2D eigenvalue weighted by molar-refractivity contribution is -0.124. The Morgan fingerprint density at radius 2 is 1.74 bits per heavy atom. The summed E-state index contributed by atoms with van der Waals surface area (Å²) in [7, 11) is 0. The zero-order valence-corrected chi connectivity index (χ0v) is 20.8. The molecule has 1 fully saturated rings. The van der Waals surface area contributed by atoms with E-state index >= 15 is 0 Å². The van der Waals surface area contributed by atoms with Crippen LogP contribution >= 0.6 is 23.2 Å². The molecule has 1 saturated heterocycles. The fourth-order valence-corrected chi connectivity index (χ4v) is 4.29. The smallest absolute Gasteiger partial charge is 0.321 e. The number of likely N-dealkylation sites (tertiary alicyclic amines) is 1. The third kappa shape index (κ3) is 7.11. The van der Waals surface area contributed by atoms with Crippen LogP contribution in [0.15, 0.2) is 48.5 Å². The van der Waals surface area contributed by atoms with Gasteiger partial charge < -0.3 is 20.9 Å². The second kappa shape index (κ2) is 12.1. The first-order valence-electron chi connectivity index (χ1n) is 11.4. The van der Waals surface area contributed by atoms with Crippen LogP contribution in [-0.4, -0.2) is 48.4 Å². The molecule has 3 rings (SSSR count). The van der Waals surface area contributed by atoms with Gasteiger partial charge in [0.05, 0.1) is 10.6 Å². The normalized spacial score (nSPS) is 15.0. The average Bonchev–Trinajstić information content (AvgIpc) is 2.81. The monoisotopic (exact) mass is 504 g/mol. The van der Waals surface area contributed by atoms with Gasteiger partial charge in [0.2, 0.25) is 5.91 Å². The fraction of sp³-hybridized carbons (Fsp3) is 0.400. The molecule has 1 unspecified atom stereocenters. The SMILES string of the molecule is CC(C)CNC(=O)C(NC(=O)c1ccccc1Cl)C1CCN(C(=O)Nc2cccc(Cl)c2)CC1. The standard InChI is InChI=1S/C25H30Cl2N4O3/c1-16(2)15-28-24(33)22(30-23(32)20-8-3-4-9-21(20)27)17-10-12-31(13-11-17)25(34)29-19-7-5-6-18(26)14-19/h3-9,14,16-17,22H,10-13,15H2,1-2H3,(H,28,33)(H,29,34)(H,30,32). The molecule has 9 heteroatoms. The Bertz CT molecular complexity index is 1020. The molecule has 1 aliphatic rings. The van der Waals surface area contributed by atoms with E-state index in [9.17, 15) is 14.4 Å². The van der Waals surface area contributed by atoms with Gasteiger partial charge in [-0.3, -0.25) is 9.59 Å². The number of rotatable bonds is 7. The number of carbonyl (C=O) groups is 3. The van der Waals surface area contributed by atoms with Crippen LogP contribution in [0.2, 0.25) is 10.0 Å². The number of carbonyl (C=O) groups excluding carboxylic acids is 3. The Morgan fingerprint density at radius 1 is 1.03 bits per heavy atom. The summed E-state index contributed by atoms with van der Waals surface area (Å²) in [6, 6.07) is 12.8. The predicted octanol–water partition coefficient (Wildman–Crippen LogP) is 4.81. The number of urea groups is 1. The lowest BCUT2D eigenvalue weighted by Crippen LogP contribution is -2.54. The molecule has 0 aliphatic carbocycles. The summed E-state index contributed by atoms with van der Waals surface area (Å²) < 4.78 is 0. The minimum atomic E-state index is -0.722. The number of hydrogen-bond donors (Lipinski definition) is 3. The summed E-state index contributed by atoms with van der Waals surface area (Å²) >= 11 is 12.2. The van der Waals surface area contributed by atoms with Crippen molar-refractivity contribution >= 4 is 46.7 Å². The number of hydrogen-bond acceptors (Lipinski definition) is 3. The predicted molar refractivity (Wildman–Crippen MR) is 135 cm³/mol. The van der Waals surface area contributed by atoms with Crippen molar-refractivity contribution < 1.29 is 14.4 Å². The van der Waals surface area contributed by atoms with Crippen LogP contribution in [-0.2, 0) is 4.79 Å². The third-order valence-electron chi connectivity index (χ3n) is 5.75. The highest BCUT2D eigenvalue weighted by atomic mass is 35.5. The highest BCUT2D eigenvalue weighted by molar-refractivity contribution is 6.33. The number of piperidine rings is 1. The molecule has 0 radical (unpaired) electrons. The summed E-state index contributed by atoms with van der Waals surface area (Å²) in [5, 5.41) is 9.54. The maximum atomic E-state index is 13.0. The molecule has 2 aromatic rings. The van der Waals surface area contributed by atoms with Crippen molar-refractivity contribution in [1.82, 2.24) is 15.5 Å². The van der Waals surface area contributed by atoms with E-state index in [2.05, 4.69) is 16.0 Å². The molecule has 182 valence electrons. The first-order valence-corrected chi connectivity index (χ1v) is 12.1. The number of benzene rings is 2. The largest absolute Gasteiger partial charge is 0.354 e. The minimum Gasteiger partial charge on any atom is -0.354 e. The van der Waals surface area contributed by atoms with Gasteiger partial charge in [-0.1, -0.05) is 55.2 Å². The number of amides is 4. The maximum Gasteiger partial charge on any atom is 0.321 e. The van der Waals surface area contributed by atoms with Gasteiger partial charge in [-0.15, -0.1) is 0 Å². The zero-order valence-electron chi connectivity index (χ0n) is 19.3. The average molecular weight is 505 g/mol. The van der Waals surface area contributed by atoms with Crippen LogP contribution < -0.4 is 16.0 Å². The second-order valence-electron chi connectivity index (χ2n) is 8.83. The van der Waals surface area contributed by atoms with E-state index < -0.39 is 11.9 Å². The van der Waals surface area contributed by atoms with Gasteiger partial charge in [0.15, 0.2) is 0 Å². The minimum absolute atomic E-state index is 0.117. The van der Waals surface area contributed by atoms with Crippen molar-refractivity contribution in [2.24, 2.45) is 11.8 Å². The molecule has 3 N–H and O–H groups in total. The van der Waals surface area contributed by atoms with Gasteiger partial charge >= 0.3 is 6.03 Å². The maximum absolute atomic E-state index is 13.0. The van der Waals surface area contributed by atoms with E-state index in [-0.39, 0.29) is 23.8 Å². The van der Waals surface area contributed by atoms with Gasteiger partial charge in [0.25, 0.3) is 5.91 Å². The Labute approximate surface area is 210 Å². The number of nitrogens with zero attached hydrogens (tertiary/aromatic N) is 1. The molecule has 7 nitrogen and oxygen atoms in total. The first kappa shape index (κ1) is 25.8.